The molecule has 0 heterocycles. The molecule has 0 aromatic heterocycles. The molecule has 0 saturated heterocycles. The van der Waals surface area contributed by atoms with Crippen LogP contribution in [-0.2, 0) is 4.79 Å². The van der Waals surface area contributed by atoms with Crippen molar-refractivity contribution in [3.63, 3.8) is 0 Å². The number of rotatable bonds is 7. The van der Waals surface area contributed by atoms with E-state index in [1.54, 1.807) is 48.5 Å². The third-order valence-electron chi connectivity index (χ3n) is 4.58. The first-order chi connectivity index (χ1) is 13.4. The molecule has 28 heavy (non-hydrogen) atoms. The van der Waals surface area contributed by atoms with Crippen LogP contribution in [-0.4, -0.2) is 29.8 Å². The number of hydrogen-bond acceptors (Lipinski definition) is 3. The van der Waals surface area contributed by atoms with Crippen LogP contribution in [0.1, 0.15) is 47.4 Å². The highest BCUT2D eigenvalue weighted by Gasteiger charge is 2.26. The van der Waals surface area contributed by atoms with Crippen LogP contribution in [0.15, 0.2) is 54.6 Å². The van der Waals surface area contributed by atoms with Gasteiger partial charge in [-0.25, -0.2) is 0 Å². The minimum Gasteiger partial charge on any atom is -0.349 e. The van der Waals surface area contributed by atoms with Gasteiger partial charge in [0.25, 0.3) is 11.8 Å². The molecule has 3 rings (SSSR count). The van der Waals surface area contributed by atoms with E-state index in [1.807, 2.05) is 19.9 Å². The Kier molecular flexibility index (Phi) is 6.09. The molecule has 2 aromatic rings. The summed E-state index contributed by atoms with van der Waals surface area (Å²) in [4.78, 5) is 37.4. The second-order valence-corrected chi connectivity index (χ2v) is 7.38. The molecule has 2 aromatic carbocycles. The molecule has 1 aliphatic rings. The highest BCUT2D eigenvalue weighted by molar-refractivity contribution is 6.02. The van der Waals surface area contributed by atoms with Gasteiger partial charge in [0.15, 0.2) is 0 Å². The smallest absolute Gasteiger partial charge is 0.251 e. The Morgan fingerprint density at radius 1 is 0.893 bits per heavy atom. The van der Waals surface area contributed by atoms with E-state index in [4.69, 9.17) is 0 Å². The van der Waals surface area contributed by atoms with Crippen LogP contribution in [0.4, 0.5) is 5.69 Å². The number of carbonyl (C=O) groups is 3. The number of amides is 3. The summed E-state index contributed by atoms with van der Waals surface area (Å²) in [6, 6.07) is 15.2. The van der Waals surface area contributed by atoms with Crippen LogP contribution >= 0.6 is 0 Å². The molecule has 1 aliphatic carbocycles. The summed E-state index contributed by atoms with van der Waals surface area (Å²) in [6.45, 7) is 3.74. The maximum Gasteiger partial charge on any atom is 0.251 e. The third-order valence-corrected chi connectivity index (χ3v) is 4.58. The topological polar surface area (TPSA) is 87.3 Å². The summed E-state index contributed by atoms with van der Waals surface area (Å²) >= 11 is 0. The molecule has 1 fully saturated rings. The molecule has 0 bridgehead atoms. The predicted molar refractivity (Wildman–Crippen MR) is 108 cm³/mol. The van der Waals surface area contributed by atoms with E-state index in [-0.39, 0.29) is 29.7 Å². The number of benzene rings is 2. The van der Waals surface area contributed by atoms with E-state index in [2.05, 4.69) is 16.0 Å². The number of anilines is 1. The molecule has 3 N–H and O–H groups in total. The van der Waals surface area contributed by atoms with Gasteiger partial charge < -0.3 is 16.0 Å². The first-order valence-corrected chi connectivity index (χ1v) is 9.51. The Labute approximate surface area is 164 Å². The van der Waals surface area contributed by atoms with E-state index in [9.17, 15) is 14.4 Å². The van der Waals surface area contributed by atoms with Gasteiger partial charge in [0.2, 0.25) is 5.91 Å². The van der Waals surface area contributed by atoms with Gasteiger partial charge in [0, 0.05) is 22.9 Å². The van der Waals surface area contributed by atoms with Crippen molar-refractivity contribution in [2.75, 3.05) is 5.32 Å². The van der Waals surface area contributed by atoms with E-state index in [0.29, 0.717) is 16.8 Å². The van der Waals surface area contributed by atoms with Gasteiger partial charge in [-0.3, -0.25) is 14.4 Å². The minimum absolute atomic E-state index is 0.103. The average molecular weight is 379 g/mol. The lowest BCUT2D eigenvalue weighted by Gasteiger charge is -2.22. The second kappa shape index (κ2) is 8.69. The lowest BCUT2D eigenvalue weighted by molar-refractivity contribution is -0.118. The van der Waals surface area contributed by atoms with Crippen LogP contribution in [0.5, 0.6) is 0 Å². The zero-order valence-electron chi connectivity index (χ0n) is 16.1. The summed E-state index contributed by atoms with van der Waals surface area (Å²) in [5, 5.41) is 8.53. The largest absolute Gasteiger partial charge is 0.349 e. The molecular weight excluding hydrogens is 354 g/mol. The number of hydrogen-bond donors (Lipinski definition) is 3. The molecule has 6 nitrogen and oxygen atoms in total. The van der Waals surface area contributed by atoms with Crippen molar-refractivity contribution < 1.29 is 14.4 Å². The maximum absolute atomic E-state index is 12.8. The summed E-state index contributed by atoms with van der Waals surface area (Å²) in [5.41, 5.74) is 1.52. The summed E-state index contributed by atoms with van der Waals surface area (Å²) in [6.07, 6.45) is 2.03. The van der Waals surface area contributed by atoms with E-state index >= 15 is 0 Å². The molecule has 0 radical (unpaired) electrons. The molecule has 146 valence electrons. The van der Waals surface area contributed by atoms with E-state index in [0.717, 1.165) is 12.8 Å². The van der Waals surface area contributed by atoms with Crippen LogP contribution in [0.2, 0.25) is 0 Å². The Bertz CT molecular complexity index is 860. The van der Waals surface area contributed by atoms with Crippen molar-refractivity contribution in [1.29, 1.82) is 0 Å². The molecule has 6 heteroatoms. The van der Waals surface area contributed by atoms with Gasteiger partial charge in [-0.15, -0.1) is 0 Å². The molecule has 1 atom stereocenters. The molecule has 3 amide bonds. The molecule has 1 saturated carbocycles. The van der Waals surface area contributed by atoms with Gasteiger partial charge in [0.1, 0.15) is 6.04 Å². The molecular formula is C22H25N3O3. The minimum atomic E-state index is -0.698. The summed E-state index contributed by atoms with van der Waals surface area (Å²) in [5.74, 6) is -0.864. The average Bonchev–Trinajstić information content (AvgIpc) is 3.50. The number of carbonyl (C=O) groups excluding carboxylic acids is 3. The van der Waals surface area contributed by atoms with Crippen molar-refractivity contribution in [3.8, 4) is 0 Å². The molecule has 0 aliphatic heterocycles. The maximum atomic E-state index is 12.8. The first kappa shape index (κ1) is 19.6. The quantitative estimate of drug-likeness (QED) is 0.691. The van der Waals surface area contributed by atoms with Crippen LogP contribution < -0.4 is 16.0 Å². The van der Waals surface area contributed by atoms with Crippen molar-refractivity contribution in [1.82, 2.24) is 10.6 Å². The van der Waals surface area contributed by atoms with Crippen LogP contribution in [0.25, 0.3) is 0 Å². The van der Waals surface area contributed by atoms with Gasteiger partial charge in [-0.2, -0.15) is 0 Å². The van der Waals surface area contributed by atoms with Crippen molar-refractivity contribution in [2.24, 2.45) is 5.92 Å². The molecule has 0 spiro atoms. The fourth-order valence-electron chi connectivity index (χ4n) is 2.80. The summed E-state index contributed by atoms with van der Waals surface area (Å²) < 4.78 is 0. The summed E-state index contributed by atoms with van der Waals surface area (Å²) in [7, 11) is 0. The van der Waals surface area contributed by atoms with Crippen molar-refractivity contribution in [2.45, 2.75) is 38.8 Å². The third kappa shape index (κ3) is 5.19. The van der Waals surface area contributed by atoms with Crippen LogP contribution in [0, 0.1) is 5.92 Å². The first-order valence-electron chi connectivity index (χ1n) is 9.51. The highest BCUT2D eigenvalue weighted by atomic mass is 16.2. The highest BCUT2D eigenvalue weighted by Crippen LogP contribution is 2.20. The van der Waals surface area contributed by atoms with Crippen molar-refractivity contribution >= 4 is 23.4 Å². The second-order valence-electron chi connectivity index (χ2n) is 7.38. The number of nitrogens with one attached hydrogen (secondary N) is 3. The van der Waals surface area contributed by atoms with E-state index < -0.39 is 6.04 Å². The standard InChI is InChI=1S/C22H25N3O3/c1-14(2)19(25-20(26)15-7-4-3-5-8-15)22(28)24-18-10-6-9-16(13-18)21(27)23-17-11-12-17/h3-10,13-14,17,19H,11-12H2,1-2H3,(H,23,27)(H,24,28)(H,25,26)/t19-/m1/s1. The normalized spacial score (nSPS) is 14.2. The van der Waals surface area contributed by atoms with Gasteiger partial charge in [0.05, 0.1) is 0 Å². The molecule has 0 unspecified atom stereocenters. The zero-order valence-corrected chi connectivity index (χ0v) is 16.1. The lowest BCUT2D eigenvalue weighted by atomic mass is 10.0. The Morgan fingerprint density at radius 2 is 1.57 bits per heavy atom. The Balaban J connectivity index is 1.67. The van der Waals surface area contributed by atoms with Gasteiger partial charge in [-0.1, -0.05) is 38.1 Å². The lowest BCUT2D eigenvalue weighted by Crippen LogP contribution is -2.47. The zero-order chi connectivity index (χ0) is 20.1. The van der Waals surface area contributed by atoms with Gasteiger partial charge >= 0.3 is 0 Å². The monoisotopic (exact) mass is 379 g/mol. The predicted octanol–water partition coefficient (Wildman–Crippen LogP) is 2.97. The Morgan fingerprint density at radius 3 is 2.21 bits per heavy atom. The Hall–Kier alpha value is -3.15. The SMILES string of the molecule is CC(C)[C@@H](NC(=O)c1ccccc1)C(=O)Nc1cccc(C(=O)NC2CC2)c1. The van der Waals surface area contributed by atoms with E-state index in [1.165, 1.54) is 0 Å². The fraction of sp³-hybridized carbons (Fsp3) is 0.318. The van der Waals surface area contributed by atoms with Crippen molar-refractivity contribution in [3.05, 3.63) is 65.7 Å². The van der Waals surface area contributed by atoms with Gasteiger partial charge in [-0.05, 0) is 49.1 Å². The fourth-order valence-corrected chi connectivity index (χ4v) is 2.80. The van der Waals surface area contributed by atoms with Crippen LogP contribution in [0.3, 0.4) is 0 Å².